The van der Waals surface area contributed by atoms with E-state index in [1.165, 1.54) is 18.2 Å². The van der Waals surface area contributed by atoms with Crippen molar-refractivity contribution in [3.63, 3.8) is 0 Å². The zero-order valence-corrected chi connectivity index (χ0v) is 18.1. The molecule has 1 fully saturated rings. The van der Waals surface area contributed by atoms with Crippen LogP contribution in [0.2, 0.25) is 0 Å². The number of carbonyl (C=O) groups excluding carboxylic acids is 1. The third-order valence-electron chi connectivity index (χ3n) is 5.89. The van der Waals surface area contributed by atoms with Crippen LogP contribution in [0.1, 0.15) is 25.2 Å². The first kappa shape index (κ1) is 20.9. The molecule has 0 saturated carbocycles. The van der Waals surface area contributed by atoms with E-state index in [1.54, 1.807) is 24.3 Å². The number of hydrogen-bond acceptors (Lipinski definition) is 5. The fourth-order valence-corrected chi connectivity index (χ4v) is 4.22. The number of nitrogens with zero attached hydrogens (tertiary/aromatic N) is 3. The molecule has 5 rings (SSSR count). The Hall–Kier alpha value is -4.00. The van der Waals surface area contributed by atoms with E-state index in [1.807, 2.05) is 31.2 Å². The minimum atomic E-state index is -0.435. The normalized spacial score (nSPS) is 15.7. The summed E-state index contributed by atoms with van der Waals surface area (Å²) >= 11 is 0. The van der Waals surface area contributed by atoms with Crippen molar-refractivity contribution in [2.24, 2.45) is 0 Å². The quantitative estimate of drug-likeness (QED) is 0.464. The van der Waals surface area contributed by atoms with E-state index in [9.17, 15) is 14.3 Å². The summed E-state index contributed by atoms with van der Waals surface area (Å²) in [5, 5.41) is 14.3. The molecule has 33 heavy (non-hydrogen) atoms. The van der Waals surface area contributed by atoms with Gasteiger partial charge in [0.2, 0.25) is 0 Å². The second-order valence-electron chi connectivity index (χ2n) is 8.32. The highest BCUT2D eigenvalue weighted by Crippen LogP contribution is 2.33. The Morgan fingerprint density at radius 3 is 2.79 bits per heavy atom. The van der Waals surface area contributed by atoms with E-state index >= 15 is 0 Å². The number of rotatable bonds is 4. The minimum absolute atomic E-state index is 0. The summed E-state index contributed by atoms with van der Waals surface area (Å²) in [7, 11) is 0. The van der Waals surface area contributed by atoms with Crippen molar-refractivity contribution in [1.82, 2.24) is 15.3 Å². The van der Waals surface area contributed by atoms with Crippen LogP contribution in [0, 0.1) is 12.7 Å². The Morgan fingerprint density at radius 2 is 1.97 bits per heavy atom. The molecule has 0 bridgehead atoms. The van der Waals surface area contributed by atoms with Crippen LogP contribution < -0.4 is 10.2 Å². The molecule has 2 heterocycles. The van der Waals surface area contributed by atoms with E-state index in [2.05, 4.69) is 10.2 Å². The molecule has 1 aliphatic rings. The van der Waals surface area contributed by atoms with Crippen molar-refractivity contribution in [3.05, 3.63) is 83.7 Å². The van der Waals surface area contributed by atoms with Gasteiger partial charge in [-0.1, -0.05) is 24.3 Å². The van der Waals surface area contributed by atoms with E-state index in [-0.39, 0.29) is 20.6 Å². The van der Waals surface area contributed by atoms with Gasteiger partial charge in [0.1, 0.15) is 17.4 Å². The molecule has 170 valence electrons. The van der Waals surface area contributed by atoms with Gasteiger partial charge in [-0.2, -0.15) is 0 Å². The number of halogens is 1. The van der Waals surface area contributed by atoms with Gasteiger partial charge in [0.15, 0.2) is 5.82 Å². The monoisotopic (exact) mass is 446 g/mol. The van der Waals surface area contributed by atoms with Crippen LogP contribution in [-0.2, 0) is 0 Å². The smallest absolute Gasteiger partial charge is 0.251 e. The molecule has 1 aromatic heterocycles. The number of carbonyl (C=O) groups is 1. The van der Waals surface area contributed by atoms with Crippen LogP contribution in [0.15, 0.2) is 66.7 Å². The van der Waals surface area contributed by atoms with Crippen molar-refractivity contribution in [2.45, 2.75) is 19.4 Å². The van der Waals surface area contributed by atoms with Crippen molar-refractivity contribution in [2.75, 3.05) is 18.0 Å². The summed E-state index contributed by atoms with van der Waals surface area (Å²) in [6.45, 7) is 3.28. The number of aryl methyl sites for hydroxylation is 1. The molecule has 6 nitrogen and oxygen atoms in total. The number of benzene rings is 3. The number of hydrogen-bond donors (Lipinski definition) is 2. The summed E-state index contributed by atoms with van der Waals surface area (Å²) in [4.78, 5) is 24.2. The van der Waals surface area contributed by atoms with Gasteiger partial charge in [-0.15, -0.1) is 0 Å². The molecule has 4 aromatic rings. The van der Waals surface area contributed by atoms with Crippen LogP contribution in [0.4, 0.5) is 10.2 Å². The molecule has 1 aliphatic heterocycles. The van der Waals surface area contributed by atoms with Crippen molar-refractivity contribution >= 4 is 22.6 Å². The third kappa shape index (κ3) is 4.22. The SMILES string of the molecule is Cc1ccc2c(N3CC[C@@H](NC(=O)c4cccc(F)c4)C3)nc(-c3ccccc3O)nc2c1.[HH].[HH]. The summed E-state index contributed by atoms with van der Waals surface area (Å²) in [6, 6.07) is 18.6. The number of amides is 1. The highest BCUT2D eigenvalue weighted by Gasteiger charge is 2.27. The van der Waals surface area contributed by atoms with Gasteiger partial charge in [0.25, 0.3) is 5.91 Å². The predicted octanol–water partition coefficient (Wildman–Crippen LogP) is 4.95. The van der Waals surface area contributed by atoms with E-state index in [0.717, 1.165) is 28.7 Å². The lowest BCUT2D eigenvalue weighted by Crippen LogP contribution is -2.37. The van der Waals surface area contributed by atoms with Crippen LogP contribution in [-0.4, -0.2) is 40.1 Å². The number of phenols is 1. The summed E-state index contributed by atoms with van der Waals surface area (Å²) in [5.74, 6) is 0.612. The van der Waals surface area contributed by atoms with E-state index in [0.29, 0.717) is 30.0 Å². The van der Waals surface area contributed by atoms with Gasteiger partial charge < -0.3 is 15.3 Å². The second kappa shape index (κ2) is 8.50. The standard InChI is InChI=1S/C26H23FN4O2.2H2/c1-16-9-10-20-22(13-16)29-24(21-7-2-3-8-23(21)32)30-25(20)31-12-11-19(15-31)28-26(33)17-5-4-6-18(27)14-17;;/h2-10,13-14,19,32H,11-12,15H2,1H3,(H,28,33);2*1H/t19-;;/m1../s1. The molecular weight excluding hydrogens is 419 g/mol. The molecule has 1 amide bonds. The average Bonchev–Trinajstić information content (AvgIpc) is 3.26. The Labute approximate surface area is 193 Å². The Kier molecular flexibility index (Phi) is 5.38. The number of nitrogens with one attached hydrogen (secondary N) is 1. The highest BCUT2D eigenvalue weighted by molar-refractivity contribution is 5.95. The van der Waals surface area contributed by atoms with Gasteiger partial charge in [0.05, 0.1) is 11.1 Å². The summed E-state index contributed by atoms with van der Waals surface area (Å²) in [5.41, 5.74) is 2.75. The van der Waals surface area contributed by atoms with E-state index in [4.69, 9.17) is 9.97 Å². The van der Waals surface area contributed by atoms with Gasteiger partial charge in [-0.25, -0.2) is 14.4 Å². The van der Waals surface area contributed by atoms with Gasteiger partial charge in [-0.3, -0.25) is 4.79 Å². The van der Waals surface area contributed by atoms with Crippen LogP contribution in [0.25, 0.3) is 22.3 Å². The maximum Gasteiger partial charge on any atom is 0.251 e. The number of aromatic nitrogens is 2. The third-order valence-corrected chi connectivity index (χ3v) is 5.89. The number of anilines is 1. The first-order valence-electron chi connectivity index (χ1n) is 10.9. The summed E-state index contributed by atoms with van der Waals surface area (Å²) in [6.07, 6.45) is 0.740. The Morgan fingerprint density at radius 1 is 1.12 bits per heavy atom. The Balaban J connectivity index is 0.00000171. The van der Waals surface area contributed by atoms with E-state index < -0.39 is 5.82 Å². The van der Waals surface area contributed by atoms with Crippen molar-refractivity contribution in [1.29, 1.82) is 0 Å². The number of phenolic OH excluding ortho intramolecular Hbond substituents is 1. The van der Waals surface area contributed by atoms with Crippen molar-refractivity contribution in [3.8, 4) is 17.1 Å². The van der Waals surface area contributed by atoms with Crippen molar-refractivity contribution < 1.29 is 17.1 Å². The Bertz CT molecular complexity index is 1370. The largest absolute Gasteiger partial charge is 0.507 e. The molecule has 0 unspecified atom stereocenters. The molecule has 0 aliphatic carbocycles. The predicted molar refractivity (Wildman–Crippen MR) is 130 cm³/mol. The fraction of sp³-hybridized carbons (Fsp3) is 0.192. The van der Waals surface area contributed by atoms with Gasteiger partial charge in [0, 0.05) is 32.9 Å². The number of aromatic hydroxyl groups is 1. The lowest BCUT2D eigenvalue weighted by Gasteiger charge is -2.21. The zero-order valence-electron chi connectivity index (χ0n) is 18.1. The molecule has 1 atom stereocenters. The first-order chi connectivity index (χ1) is 16.0. The van der Waals surface area contributed by atoms with Crippen LogP contribution >= 0.6 is 0 Å². The molecule has 1 saturated heterocycles. The number of fused-ring (bicyclic) bond motifs is 1. The molecule has 7 heteroatoms. The molecule has 0 spiro atoms. The highest BCUT2D eigenvalue weighted by atomic mass is 19.1. The molecular formula is C26H27FN4O2. The van der Waals surface area contributed by atoms with Gasteiger partial charge >= 0.3 is 0 Å². The number of para-hydroxylation sites is 1. The van der Waals surface area contributed by atoms with Crippen LogP contribution in [0.5, 0.6) is 5.75 Å². The first-order valence-corrected chi connectivity index (χ1v) is 10.9. The average molecular weight is 447 g/mol. The minimum Gasteiger partial charge on any atom is -0.507 e. The maximum absolute atomic E-state index is 13.5. The zero-order chi connectivity index (χ0) is 22.9. The maximum atomic E-state index is 13.5. The molecule has 3 aromatic carbocycles. The molecule has 2 N–H and O–H groups in total. The topological polar surface area (TPSA) is 78.4 Å². The fourth-order valence-electron chi connectivity index (χ4n) is 4.22. The molecule has 0 radical (unpaired) electrons. The lowest BCUT2D eigenvalue weighted by molar-refractivity contribution is 0.0940. The van der Waals surface area contributed by atoms with Gasteiger partial charge in [-0.05, 0) is 61.4 Å². The summed E-state index contributed by atoms with van der Waals surface area (Å²) < 4.78 is 13.5. The second-order valence-corrected chi connectivity index (χ2v) is 8.32. The van der Waals surface area contributed by atoms with Crippen LogP contribution in [0.3, 0.4) is 0 Å². The lowest BCUT2D eigenvalue weighted by atomic mass is 10.1.